The Balaban J connectivity index is 1.25. The van der Waals surface area contributed by atoms with Crippen molar-refractivity contribution in [2.45, 2.75) is 61.9 Å². The van der Waals surface area contributed by atoms with Crippen LogP contribution >= 0.6 is 12.2 Å². The lowest BCUT2D eigenvalue weighted by Crippen LogP contribution is -2.55. The summed E-state index contributed by atoms with van der Waals surface area (Å²) in [6.07, 6.45) is -5.33. The Morgan fingerprint density at radius 1 is 0.851 bits per heavy atom. The number of rotatable bonds is 9. The first-order valence-electron chi connectivity index (χ1n) is 15.7. The number of benzene rings is 4. The summed E-state index contributed by atoms with van der Waals surface area (Å²) in [6, 6.07) is 28.0. The molecule has 2 aliphatic heterocycles. The molecule has 0 bridgehead atoms. The number of phenols is 1. The Morgan fingerprint density at radius 3 is 2.19 bits per heavy atom. The van der Waals surface area contributed by atoms with Crippen molar-refractivity contribution in [1.29, 1.82) is 0 Å². The van der Waals surface area contributed by atoms with E-state index in [1.165, 1.54) is 12.1 Å². The van der Waals surface area contributed by atoms with E-state index in [1.54, 1.807) is 30.3 Å². The van der Waals surface area contributed by atoms with E-state index in [-0.39, 0.29) is 23.5 Å². The summed E-state index contributed by atoms with van der Waals surface area (Å²) in [5.74, 6) is -0.267. The lowest BCUT2D eigenvalue weighted by molar-refractivity contribution is -0.231. The van der Waals surface area contributed by atoms with Crippen LogP contribution in [0.3, 0.4) is 0 Å². The Bertz CT molecular complexity index is 1670. The summed E-state index contributed by atoms with van der Waals surface area (Å²) < 4.78 is 19.1. The minimum absolute atomic E-state index is 0.00706. The lowest BCUT2D eigenvalue weighted by Gasteiger charge is -2.40. The van der Waals surface area contributed by atoms with Crippen molar-refractivity contribution < 1.29 is 39.8 Å². The smallest absolute Gasteiger partial charge is 0.123 e. The van der Waals surface area contributed by atoms with Crippen LogP contribution in [0.2, 0.25) is 0 Å². The zero-order chi connectivity index (χ0) is 33.2. The minimum Gasteiger partial charge on any atom is -0.508 e. The molecule has 0 saturated carbocycles. The van der Waals surface area contributed by atoms with Crippen molar-refractivity contribution in [2.24, 2.45) is 5.92 Å². The Hall–Kier alpha value is -3.74. The second-order valence-electron chi connectivity index (χ2n) is 12.3. The van der Waals surface area contributed by atoms with Gasteiger partial charge in [-0.2, -0.15) is 0 Å². The zero-order valence-electron chi connectivity index (χ0n) is 25.5. The summed E-state index contributed by atoms with van der Waals surface area (Å²) >= 11 is 5.88. The maximum absolute atomic E-state index is 13.4. The number of anilines is 1. The average Bonchev–Trinajstić information content (AvgIpc) is 3.42. The largest absolute Gasteiger partial charge is 0.508 e. The standard InChI is InChI=1S/C37H38FNO7S/c38-26-14-10-22(11-15-26)29(41)17-13-25-19-32(47)39(27-4-2-1-3-5-27)33(25)28-16-12-24(18-30(28)42)21-6-8-23(9-7-21)37-36(45)35(44)34(43)31(20-40)46-37/h1-12,14-16,18,25,29,31,33-37,40-45H,13,17,19-20H2. The first-order chi connectivity index (χ1) is 22.7. The lowest BCUT2D eigenvalue weighted by atomic mass is 9.86. The van der Waals surface area contributed by atoms with Crippen molar-refractivity contribution in [1.82, 2.24) is 0 Å². The van der Waals surface area contributed by atoms with Crippen LogP contribution in [0.1, 0.15) is 54.2 Å². The van der Waals surface area contributed by atoms with Crippen LogP contribution in [-0.4, -0.2) is 66.7 Å². The van der Waals surface area contributed by atoms with E-state index in [0.29, 0.717) is 36.0 Å². The number of para-hydroxylation sites is 1. The fourth-order valence-corrected chi connectivity index (χ4v) is 7.22. The van der Waals surface area contributed by atoms with E-state index in [4.69, 9.17) is 17.0 Å². The van der Waals surface area contributed by atoms with Gasteiger partial charge in [-0.1, -0.05) is 78.9 Å². The number of hydrogen-bond donors (Lipinski definition) is 6. The highest BCUT2D eigenvalue weighted by Gasteiger charge is 2.44. The van der Waals surface area contributed by atoms with Gasteiger partial charge < -0.3 is 40.3 Å². The van der Waals surface area contributed by atoms with Crippen molar-refractivity contribution in [3.05, 3.63) is 120 Å². The van der Waals surface area contributed by atoms with Gasteiger partial charge in [0.1, 0.15) is 42.1 Å². The average molecular weight is 660 g/mol. The van der Waals surface area contributed by atoms with E-state index in [9.17, 15) is 35.0 Å². The zero-order valence-corrected chi connectivity index (χ0v) is 26.3. The van der Waals surface area contributed by atoms with Crippen LogP contribution < -0.4 is 4.90 Å². The molecule has 4 aromatic carbocycles. The van der Waals surface area contributed by atoms with Crippen molar-refractivity contribution in [3.63, 3.8) is 0 Å². The van der Waals surface area contributed by atoms with E-state index < -0.39 is 43.2 Å². The summed E-state index contributed by atoms with van der Waals surface area (Å²) in [5, 5.41) is 62.7. The minimum atomic E-state index is -1.47. The van der Waals surface area contributed by atoms with Gasteiger partial charge in [0.25, 0.3) is 0 Å². The van der Waals surface area contributed by atoms with Gasteiger partial charge in [-0.25, -0.2) is 4.39 Å². The van der Waals surface area contributed by atoms with E-state index >= 15 is 0 Å². The molecule has 2 aliphatic rings. The molecule has 47 heavy (non-hydrogen) atoms. The first-order valence-corrected chi connectivity index (χ1v) is 16.1. The highest BCUT2D eigenvalue weighted by molar-refractivity contribution is 7.80. The van der Waals surface area contributed by atoms with Crippen LogP contribution in [0.4, 0.5) is 10.1 Å². The molecule has 0 aromatic heterocycles. The van der Waals surface area contributed by atoms with Gasteiger partial charge in [0.05, 0.1) is 23.7 Å². The highest BCUT2D eigenvalue weighted by atomic mass is 32.1. The van der Waals surface area contributed by atoms with Gasteiger partial charge in [-0.05, 0) is 71.3 Å². The van der Waals surface area contributed by atoms with Crippen LogP contribution in [0, 0.1) is 11.7 Å². The van der Waals surface area contributed by atoms with Gasteiger partial charge in [0, 0.05) is 17.7 Å². The van der Waals surface area contributed by atoms with Gasteiger partial charge in [-0.3, -0.25) is 0 Å². The summed E-state index contributed by atoms with van der Waals surface area (Å²) in [6.45, 7) is -0.506. The second kappa shape index (κ2) is 14.2. The molecule has 6 N–H and O–H groups in total. The fourth-order valence-electron chi connectivity index (χ4n) is 6.79. The molecule has 0 amide bonds. The first kappa shape index (κ1) is 33.2. The van der Waals surface area contributed by atoms with Gasteiger partial charge in [0.2, 0.25) is 0 Å². The SMILES string of the molecule is OCC1OC(c2ccc(-c3ccc(C4C(CCC(O)c5ccc(F)cc5)CC(=S)N4c4ccccc4)c(O)c3)cc2)C(O)C(O)C1O. The van der Waals surface area contributed by atoms with E-state index in [2.05, 4.69) is 4.90 Å². The van der Waals surface area contributed by atoms with Crippen LogP contribution in [0.5, 0.6) is 5.75 Å². The quantitative estimate of drug-likeness (QED) is 0.136. The van der Waals surface area contributed by atoms with E-state index in [1.807, 2.05) is 54.6 Å². The number of aliphatic hydroxyl groups excluding tert-OH is 5. The Labute approximate surface area is 277 Å². The fraction of sp³-hybridized carbons (Fsp3) is 0.324. The predicted molar refractivity (Wildman–Crippen MR) is 179 cm³/mol. The third kappa shape index (κ3) is 6.81. The van der Waals surface area contributed by atoms with Crippen molar-refractivity contribution in [3.8, 4) is 16.9 Å². The molecular formula is C37H38FNO7S. The Kier molecular flexibility index (Phi) is 10.00. The van der Waals surface area contributed by atoms with E-state index in [0.717, 1.165) is 21.8 Å². The molecule has 4 aromatic rings. The van der Waals surface area contributed by atoms with Crippen molar-refractivity contribution >= 4 is 22.9 Å². The van der Waals surface area contributed by atoms with Crippen molar-refractivity contribution in [2.75, 3.05) is 11.5 Å². The second-order valence-corrected chi connectivity index (χ2v) is 12.8. The number of thiocarbonyl (C=S) groups is 1. The summed E-state index contributed by atoms with van der Waals surface area (Å²) in [5.41, 5.74) is 4.37. The molecule has 8 nitrogen and oxygen atoms in total. The van der Waals surface area contributed by atoms with Gasteiger partial charge in [-0.15, -0.1) is 0 Å². The topological polar surface area (TPSA) is 134 Å². The molecule has 2 saturated heterocycles. The molecule has 10 heteroatoms. The van der Waals surface area contributed by atoms with Crippen LogP contribution in [0.15, 0.2) is 97.1 Å². The molecule has 2 heterocycles. The number of nitrogens with zero attached hydrogens (tertiary/aromatic N) is 1. The number of ether oxygens (including phenoxy) is 1. The number of phenolic OH excluding ortho intramolecular Hbond substituents is 1. The molecule has 8 unspecified atom stereocenters. The molecule has 2 fully saturated rings. The normalized spacial score (nSPS) is 26.8. The monoisotopic (exact) mass is 659 g/mol. The van der Waals surface area contributed by atoms with Crippen LogP contribution in [0.25, 0.3) is 11.1 Å². The molecule has 0 aliphatic carbocycles. The van der Waals surface area contributed by atoms with Crippen LogP contribution in [-0.2, 0) is 4.74 Å². The highest BCUT2D eigenvalue weighted by Crippen LogP contribution is 2.47. The van der Waals surface area contributed by atoms with Gasteiger partial charge >= 0.3 is 0 Å². The number of hydrogen-bond acceptors (Lipinski definition) is 8. The third-order valence-electron chi connectivity index (χ3n) is 9.34. The maximum atomic E-state index is 13.4. The number of aliphatic hydroxyl groups is 5. The molecule has 246 valence electrons. The van der Waals surface area contributed by atoms with Gasteiger partial charge in [0.15, 0.2) is 0 Å². The molecule has 8 atom stereocenters. The summed E-state index contributed by atoms with van der Waals surface area (Å²) in [4.78, 5) is 2.82. The molecule has 0 radical (unpaired) electrons. The number of aromatic hydroxyl groups is 1. The number of halogens is 1. The maximum Gasteiger partial charge on any atom is 0.123 e. The molecule has 0 spiro atoms. The predicted octanol–water partition coefficient (Wildman–Crippen LogP) is 5.12. The molecular weight excluding hydrogens is 621 g/mol. The summed E-state index contributed by atoms with van der Waals surface area (Å²) in [7, 11) is 0. The molecule has 6 rings (SSSR count). The third-order valence-corrected chi connectivity index (χ3v) is 9.71. The Morgan fingerprint density at radius 2 is 1.53 bits per heavy atom.